The molecule has 0 unspecified atom stereocenters. The molecule has 0 saturated carbocycles. The molecule has 0 saturated heterocycles. The van der Waals surface area contributed by atoms with Gasteiger partial charge in [0.05, 0.1) is 5.71 Å². The molecule has 0 aromatic heterocycles. The Labute approximate surface area is 264 Å². The van der Waals surface area contributed by atoms with Crippen LogP contribution in [0.3, 0.4) is 0 Å². The summed E-state index contributed by atoms with van der Waals surface area (Å²) >= 11 is 10.8. The molecule has 10 heteroatoms. The summed E-state index contributed by atoms with van der Waals surface area (Å²) in [5.41, 5.74) is 1.97. The van der Waals surface area contributed by atoms with E-state index in [0.717, 1.165) is 5.56 Å². The van der Waals surface area contributed by atoms with Crippen LogP contribution < -0.4 is 26.5 Å². The van der Waals surface area contributed by atoms with Crippen LogP contribution in [0.1, 0.15) is 12.5 Å². The smallest absolute Gasteiger partial charge is 0.741 e. The molecule has 0 bridgehead atoms. The van der Waals surface area contributed by atoms with Crippen molar-refractivity contribution in [1.82, 2.24) is 10.6 Å². The molecular weight excluding hydrogens is 615 g/mol. The van der Waals surface area contributed by atoms with E-state index in [-0.39, 0.29) is 22.2 Å². The van der Waals surface area contributed by atoms with Gasteiger partial charge in [-0.1, -0.05) is 84.9 Å². The molecule has 0 aliphatic carbocycles. The molecule has 211 valence electrons. The van der Waals surface area contributed by atoms with Crippen molar-refractivity contribution < 1.29 is 17.1 Å². The van der Waals surface area contributed by atoms with Crippen LogP contribution in [-0.4, -0.2) is 35.1 Å². The van der Waals surface area contributed by atoms with E-state index in [9.17, 15) is 0 Å². The average molecular weight is 645 g/mol. The minimum Gasteiger partial charge on any atom is -0.741 e. The van der Waals surface area contributed by atoms with E-state index in [1.165, 1.54) is 15.9 Å². The fourth-order valence-corrected chi connectivity index (χ4v) is 8.37. The van der Waals surface area contributed by atoms with Crippen molar-refractivity contribution in [3.63, 3.8) is 0 Å². The van der Waals surface area contributed by atoms with Gasteiger partial charge in [-0.25, -0.2) is 0 Å². The Hall–Kier alpha value is -3.45. The largest absolute Gasteiger partial charge is 2.00 e. The second-order valence-electron chi connectivity index (χ2n) is 8.71. The second kappa shape index (κ2) is 16.1. The molecule has 0 amide bonds. The van der Waals surface area contributed by atoms with Crippen LogP contribution in [0.4, 0.5) is 0 Å². The Kier molecular flexibility index (Phi) is 12.6. The molecule has 0 aliphatic heterocycles. The zero-order valence-corrected chi connectivity index (χ0v) is 26.1. The molecule has 4 aromatic rings. The number of benzene rings is 4. The van der Waals surface area contributed by atoms with Gasteiger partial charge in [0.15, 0.2) is 0 Å². The molecule has 0 fully saturated rings. The van der Waals surface area contributed by atoms with Gasteiger partial charge in [0.25, 0.3) is 0 Å². The topological polar surface area (TPSA) is 73.5 Å². The third kappa shape index (κ3) is 8.29. The van der Waals surface area contributed by atoms with Gasteiger partial charge >= 0.3 is 17.1 Å². The Morgan fingerprint density at radius 3 is 1.46 bits per heavy atom. The first-order valence-electron chi connectivity index (χ1n) is 12.7. The minimum absolute atomic E-state index is 0. The van der Waals surface area contributed by atoms with E-state index < -0.39 is 7.26 Å². The van der Waals surface area contributed by atoms with Crippen molar-refractivity contribution in [1.29, 1.82) is 0 Å². The first kappa shape index (κ1) is 32.1. The van der Waals surface area contributed by atoms with Crippen LogP contribution in [0.5, 0.6) is 0 Å². The van der Waals surface area contributed by atoms with Gasteiger partial charge < -0.3 is 35.9 Å². The number of rotatable bonds is 9. The summed E-state index contributed by atoms with van der Waals surface area (Å²) in [6.45, 7) is 1.82. The monoisotopic (exact) mass is 644 g/mol. The van der Waals surface area contributed by atoms with Crippen LogP contribution in [0.25, 0.3) is 0 Å². The van der Waals surface area contributed by atoms with Crippen LogP contribution in [0.15, 0.2) is 142 Å². The number of hydrogen-bond acceptors (Lipinski definition) is 6. The van der Waals surface area contributed by atoms with E-state index in [4.69, 9.17) is 25.3 Å². The van der Waals surface area contributed by atoms with E-state index in [1.807, 2.05) is 55.5 Å². The summed E-state index contributed by atoms with van der Waals surface area (Å²) < 4.78 is 0. The SMILES string of the molecule is CN/C([S-])=N/N=C(/C(C)=N/N=C(\[S-])NC[P+](c1ccccc1)(c1ccccc1)c1ccccc1)c1ccccc1.[Cu+2]. The molecule has 4 rings (SSSR count). The van der Waals surface area contributed by atoms with Gasteiger partial charge in [-0.15, -0.1) is 5.10 Å². The fourth-order valence-electron chi connectivity index (χ4n) is 4.24. The standard InChI is InChI=1S/C31H31N6PS2.Cu/c1-24(29(35-36-30(39)32-2)25-15-7-3-8-16-25)34-37-31(40)33-23-38(26-17-9-4-10-18-26,27-19-11-5-12-20-27)28-21-13-6-14-22-28;/h3-22H,23H2,1-2H3,(H3-,32,33,34,35,36,37,39,40);/q;+2/p-1. The molecule has 0 heterocycles. The summed E-state index contributed by atoms with van der Waals surface area (Å²) in [7, 11) is -0.412. The summed E-state index contributed by atoms with van der Waals surface area (Å²) in [4.78, 5) is 0. The normalized spacial score (nSPS) is 12.8. The predicted molar refractivity (Wildman–Crippen MR) is 178 cm³/mol. The molecule has 1 radical (unpaired) electrons. The van der Waals surface area contributed by atoms with Crippen LogP contribution in [0.2, 0.25) is 0 Å². The Balaban J connectivity index is 0.00000462. The molecular formula is C31H30CuN6PS2+. The summed E-state index contributed by atoms with van der Waals surface area (Å²) in [6.07, 6.45) is 0.591. The van der Waals surface area contributed by atoms with Gasteiger partial charge in [0, 0.05) is 17.8 Å². The van der Waals surface area contributed by atoms with Crippen molar-refractivity contribution in [3.8, 4) is 0 Å². The predicted octanol–water partition coefficient (Wildman–Crippen LogP) is 4.33. The number of nitrogens with zero attached hydrogens (tertiary/aromatic N) is 4. The molecule has 6 nitrogen and oxygen atoms in total. The molecule has 4 aromatic carbocycles. The molecule has 2 N–H and O–H groups in total. The molecule has 41 heavy (non-hydrogen) atoms. The van der Waals surface area contributed by atoms with Crippen molar-refractivity contribution in [3.05, 3.63) is 127 Å². The van der Waals surface area contributed by atoms with Crippen molar-refractivity contribution in [2.24, 2.45) is 20.4 Å². The maximum absolute atomic E-state index is 5.66. The maximum Gasteiger partial charge on any atom is 2.00 e. The molecule has 0 spiro atoms. The van der Waals surface area contributed by atoms with Gasteiger partial charge in [-0.3, -0.25) is 0 Å². The third-order valence-corrected chi connectivity index (χ3v) is 10.9. The molecule has 0 atom stereocenters. The summed E-state index contributed by atoms with van der Waals surface area (Å²) in [6, 6.07) is 41.5. The van der Waals surface area contributed by atoms with Crippen LogP contribution in [-0.2, 0) is 42.3 Å². The van der Waals surface area contributed by atoms with Crippen molar-refractivity contribution in [2.75, 3.05) is 13.3 Å². The van der Waals surface area contributed by atoms with Crippen molar-refractivity contribution >= 4 is 70.2 Å². The number of hydrogen-bond donors (Lipinski definition) is 2. The van der Waals surface area contributed by atoms with Gasteiger partial charge in [0.2, 0.25) is 0 Å². The van der Waals surface area contributed by atoms with E-state index in [0.29, 0.717) is 22.9 Å². The van der Waals surface area contributed by atoms with Crippen molar-refractivity contribution in [2.45, 2.75) is 6.92 Å². The second-order valence-corrected chi connectivity index (χ2v) is 13.0. The maximum atomic E-state index is 5.66. The Morgan fingerprint density at radius 2 is 1.02 bits per heavy atom. The minimum atomic E-state index is -2.11. The Morgan fingerprint density at radius 1 is 0.610 bits per heavy atom. The van der Waals surface area contributed by atoms with E-state index in [2.05, 4.69) is 104 Å². The first-order chi connectivity index (χ1) is 19.5. The van der Waals surface area contributed by atoms with Gasteiger partial charge in [-0.2, -0.15) is 15.3 Å². The Bertz CT molecular complexity index is 1400. The number of nitrogens with one attached hydrogen (secondary N) is 2. The van der Waals surface area contributed by atoms with Gasteiger partial charge in [0.1, 0.15) is 35.2 Å². The average Bonchev–Trinajstić information content (AvgIpc) is 3.02. The summed E-state index contributed by atoms with van der Waals surface area (Å²) in [5, 5.41) is 27.7. The zero-order valence-electron chi connectivity index (χ0n) is 22.6. The van der Waals surface area contributed by atoms with E-state index >= 15 is 0 Å². The first-order valence-corrected chi connectivity index (χ1v) is 15.5. The third-order valence-electron chi connectivity index (χ3n) is 6.19. The van der Waals surface area contributed by atoms with E-state index in [1.54, 1.807) is 7.05 Å². The molecule has 0 aliphatic rings. The van der Waals surface area contributed by atoms with Gasteiger partial charge in [-0.05, 0) is 48.5 Å². The number of amidine groups is 2. The quantitative estimate of drug-likeness (QED) is 0.0711. The van der Waals surface area contributed by atoms with Crippen LogP contribution in [0, 0.1) is 0 Å². The summed E-state index contributed by atoms with van der Waals surface area (Å²) in [5.74, 6) is 0. The fraction of sp³-hybridized carbons (Fsp3) is 0.0968. The zero-order chi connectivity index (χ0) is 28.2. The van der Waals surface area contributed by atoms with Crippen LogP contribution >= 0.6 is 7.26 Å².